The van der Waals surface area contributed by atoms with Gasteiger partial charge in [0.15, 0.2) is 0 Å². The molecule has 17 heavy (non-hydrogen) atoms. The number of rotatable bonds is 8. The molecule has 0 spiro atoms. The second-order valence-corrected chi connectivity index (χ2v) is 4.70. The number of halogens is 2. The monoisotopic (exact) mass is 257 g/mol. The van der Waals surface area contributed by atoms with E-state index in [1.807, 2.05) is 0 Å². The van der Waals surface area contributed by atoms with Gasteiger partial charge in [0.1, 0.15) is 5.82 Å². The molecule has 3 heteroatoms. The molecule has 0 aromatic heterocycles. The molecule has 0 atom stereocenters. The Morgan fingerprint density at radius 2 is 1.82 bits per heavy atom. The lowest BCUT2D eigenvalue weighted by atomic mass is 10.1. The highest BCUT2D eigenvalue weighted by Crippen LogP contribution is 2.24. The van der Waals surface area contributed by atoms with E-state index in [2.05, 4.69) is 12.2 Å². The van der Waals surface area contributed by atoms with Crippen LogP contribution in [0.1, 0.15) is 45.4 Å². The third kappa shape index (κ3) is 5.40. The second-order valence-electron chi connectivity index (χ2n) is 4.29. The van der Waals surface area contributed by atoms with Crippen LogP contribution in [-0.2, 0) is 0 Å². The zero-order valence-corrected chi connectivity index (χ0v) is 11.2. The van der Waals surface area contributed by atoms with Gasteiger partial charge in [-0.15, -0.1) is 0 Å². The minimum atomic E-state index is -0.275. The SMILES string of the molecule is CCCCCCCCNc1c(F)cccc1Cl. The van der Waals surface area contributed by atoms with E-state index in [1.54, 1.807) is 12.1 Å². The van der Waals surface area contributed by atoms with Gasteiger partial charge in [0.25, 0.3) is 0 Å². The maximum absolute atomic E-state index is 13.4. The Labute approximate surface area is 108 Å². The lowest BCUT2D eigenvalue weighted by Crippen LogP contribution is -2.03. The zero-order valence-electron chi connectivity index (χ0n) is 10.4. The largest absolute Gasteiger partial charge is 0.381 e. The Balaban J connectivity index is 2.18. The van der Waals surface area contributed by atoms with Crippen molar-refractivity contribution >= 4 is 17.3 Å². The number of para-hydroxylation sites is 1. The summed E-state index contributed by atoms with van der Waals surface area (Å²) in [5.41, 5.74) is 0.433. The molecule has 1 aromatic carbocycles. The van der Waals surface area contributed by atoms with Gasteiger partial charge in [0.2, 0.25) is 0 Å². The van der Waals surface area contributed by atoms with Crippen molar-refractivity contribution in [3.63, 3.8) is 0 Å². The molecule has 0 saturated carbocycles. The van der Waals surface area contributed by atoms with Crippen LogP contribution in [0.2, 0.25) is 5.02 Å². The zero-order chi connectivity index (χ0) is 12.5. The summed E-state index contributed by atoms with van der Waals surface area (Å²) in [5, 5.41) is 3.52. The van der Waals surface area contributed by atoms with Crippen molar-refractivity contribution in [2.75, 3.05) is 11.9 Å². The molecule has 1 aromatic rings. The average Bonchev–Trinajstić information content (AvgIpc) is 2.31. The third-order valence-electron chi connectivity index (χ3n) is 2.79. The minimum absolute atomic E-state index is 0.275. The Morgan fingerprint density at radius 1 is 1.12 bits per heavy atom. The van der Waals surface area contributed by atoms with Gasteiger partial charge < -0.3 is 5.32 Å². The molecule has 0 saturated heterocycles. The van der Waals surface area contributed by atoms with Gasteiger partial charge in [-0.2, -0.15) is 0 Å². The average molecular weight is 258 g/mol. The summed E-state index contributed by atoms with van der Waals surface area (Å²) in [5.74, 6) is -0.275. The van der Waals surface area contributed by atoms with Crippen LogP contribution in [0.25, 0.3) is 0 Å². The number of anilines is 1. The lowest BCUT2D eigenvalue weighted by Gasteiger charge is -2.09. The highest BCUT2D eigenvalue weighted by atomic mass is 35.5. The lowest BCUT2D eigenvalue weighted by molar-refractivity contribution is 0.611. The molecule has 1 rings (SSSR count). The Morgan fingerprint density at radius 3 is 2.53 bits per heavy atom. The fourth-order valence-corrected chi connectivity index (χ4v) is 2.02. The van der Waals surface area contributed by atoms with E-state index in [1.165, 1.54) is 38.2 Å². The van der Waals surface area contributed by atoms with Gasteiger partial charge in [-0.1, -0.05) is 56.7 Å². The van der Waals surface area contributed by atoms with Crippen LogP contribution in [0.3, 0.4) is 0 Å². The van der Waals surface area contributed by atoms with Crippen LogP contribution < -0.4 is 5.32 Å². The van der Waals surface area contributed by atoms with Crippen molar-refractivity contribution in [2.45, 2.75) is 45.4 Å². The molecule has 0 radical (unpaired) electrons. The van der Waals surface area contributed by atoms with Gasteiger partial charge in [-0.05, 0) is 18.6 Å². The van der Waals surface area contributed by atoms with E-state index in [-0.39, 0.29) is 5.82 Å². The molecule has 0 aliphatic carbocycles. The van der Waals surface area contributed by atoms with Gasteiger partial charge >= 0.3 is 0 Å². The van der Waals surface area contributed by atoms with Gasteiger partial charge in [0.05, 0.1) is 10.7 Å². The Hall–Kier alpha value is -0.760. The van der Waals surface area contributed by atoms with Crippen molar-refractivity contribution in [1.82, 2.24) is 0 Å². The van der Waals surface area contributed by atoms with Crippen LogP contribution in [0.4, 0.5) is 10.1 Å². The minimum Gasteiger partial charge on any atom is -0.381 e. The van der Waals surface area contributed by atoms with E-state index in [0.29, 0.717) is 10.7 Å². The van der Waals surface area contributed by atoms with E-state index in [4.69, 9.17) is 11.6 Å². The first-order valence-electron chi connectivity index (χ1n) is 6.43. The maximum Gasteiger partial charge on any atom is 0.147 e. The Bertz CT molecular complexity index is 308. The van der Waals surface area contributed by atoms with Crippen LogP contribution in [-0.4, -0.2) is 6.54 Å². The van der Waals surface area contributed by atoms with E-state index in [0.717, 1.165) is 13.0 Å². The second kappa shape index (κ2) is 8.35. The summed E-state index contributed by atoms with van der Waals surface area (Å²) in [6.45, 7) is 2.99. The van der Waals surface area contributed by atoms with Gasteiger partial charge in [-0.3, -0.25) is 0 Å². The molecular formula is C14H21ClFN. The summed E-state index contributed by atoms with van der Waals surface area (Å²) < 4.78 is 13.4. The number of benzene rings is 1. The highest BCUT2D eigenvalue weighted by molar-refractivity contribution is 6.33. The number of hydrogen-bond donors (Lipinski definition) is 1. The van der Waals surface area contributed by atoms with Crippen molar-refractivity contribution in [3.05, 3.63) is 29.0 Å². The van der Waals surface area contributed by atoms with Crippen molar-refractivity contribution in [2.24, 2.45) is 0 Å². The van der Waals surface area contributed by atoms with Crippen LogP contribution >= 0.6 is 11.6 Å². The maximum atomic E-state index is 13.4. The first-order chi connectivity index (χ1) is 8.25. The fourth-order valence-electron chi connectivity index (χ4n) is 1.79. The van der Waals surface area contributed by atoms with Crippen molar-refractivity contribution in [3.8, 4) is 0 Å². The number of unbranched alkanes of at least 4 members (excludes halogenated alkanes) is 5. The molecule has 0 bridgehead atoms. The van der Waals surface area contributed by atoms with Crippen LogP contribution in [0.15, 0.2) is 18.2 Å². The van der Waals surface area contributed by atoms with E-state index in [9.17, 15) is 4.39 Å². The predicted molar refractivity (Wildman–Crippen MR) is 73.3 cm³/mol. The van der Waals surface area contributed by atoms with E-state index >= 15 is 0 Å². The van der Waals surface area contributed by atoms with Crippen LogP contribution in [0, 0.1) is 5.82 Å². The topological polar surface area (TPSA) is 12.0 Å². The molecule has 0 fully saturated rings. The van der Waals surface area contributed by atoms with E-state index < -0.39 is 0 Å². The molecule has 0 aliphatic rings. The summed E-state index contributed by atoms with van der Waals surface area (Å²) >= 11 is 5.91. The standard InChI is InChI=1S/C14H21ClFN/c1-2-3-4-5-6-7-11-17-14-12(15)9-8-10-13(14)16/h8-10,17H,2-7,11H2,1H3. The summed E-state index contributed by atoms with van der Waals surface area (Å²) in [6.07, 6.45) is 7.40. The molecule has 0 amide bonds. The third-order valence-corrected chi connectivity index (χ3v) is 3.11. The predicted octanol–water partition coefficient (Wildman–Crippen LogP) is 5.25. The molecule has 0 aliphatic heterocycles. The smallest absolute Gasteiger partial charge is 0.147 e. The number of hydrogen-bond acceptors (Lipinski definition) is 1. The molecular weight excluding hydrogens is 237 g/mol. The quantitative estimate of drug-likeness (QED) is 0.627. The van der Waals surface area contributed by atoms with Crippen molar-refractivity contribution < 1.29 is 4.39 Å². The fraction of sp³-hybridized carbons (Fsp3) is 0.571. The molecule has 1 N–H and O–H groups in total. The molecule has 0 unspecified atom stereocenters. The van der Waals surface area contributed by atoms with Gasteiger partial charge in [-0.25, -0.2) is 4.39 Å². The Kier molecular flexibility index (Phi) is 7.02. The molecule has 1 nitrogen and oxygen atoms in total. The summed E-state index contributed by atoms with van der Waals surface area (Å²) in [4.78, 5) is 0. The normalized spacial score (nSPS) is 10.5. The first kappa shape index (κ1) is 14.3. The summed E-state index contributed by atoms with van der Waals surface area (Å²) in [7, 11) is 0. The highest BCUT2D eigenvalue weighted by Gasteiger charge is 2.04. The molecule has 96 valence electrons. The first-order valence-corrected chi connectivity index (χ1v) is 6.81. The van der Waals surface area contributed by atoms with Gasteiger partial charge in [0, 0.05) is 6.54 Å². The summed E-state index contributed by atoms with van der Waals surface area (Å²) in [6, 6.07) is 4.75. The van der Waals surface area contributed by atoms with Crippen molar-refractivity contribution in [1.29, 1.82) is 0 Å². The van der Waals surface area contributed by atoms with Crippen LogP contribution in [0.5, 0.6) is 0 Å². The molecule has 0 heterocycles. The number of nitrogens with one attached hydrogen (secondary N) is 1.